The summed E-state index contributed by atoms with van der Waals surface area (Å²) in [6.45, 7) is 0. The van der Waals surface area contributed by atoms with E-state index in [4.69, 9.17) is 4.74 Å². The fourth-order valence-electron chi connectivity index (χ4n) is 2.59. The highest BCUT2D eigenvalue weighted by Gasteiger charge is 2.32. The Balaban J connectivity index is 1.79. The molecule has 0 aliphatic carbocycles. The number of aromatic amines is 1. The number of hydrogen-bond acceptors (Lipinski definition) is 5. The summed E-state index contributed by atoms with van der Waals surface area (Å²) in [4.78, 5) is 12.7. The number of aromatic nitrogens is 4. The Hall–Kier alpha value is -3.22. The summed E-state index contributed by atoms with van der Waals surface area (Å²) in [7, 11) is 0. The van der Waals surface area contributed by atoms with E-state index in [-0.39, 0.29) is 11.9 Å². The van der Waals surface area contributed by atoms with Gasteiger partial charge in [0.1, 0.15) is 11.5 Å². The molecule has 108 valence electrons. The zero-order valence-electron chi connectivity index (χ0n) is 11.4. The topological polar surface area (TPSA) is 92.8 Å². The highest BCUT2D eigenvalue weighted by molar-refractivity contribution is 5.98. The van der Waals surface area contributed by atoms with E-state index in [1.807, 2.05) is 48.5 Å². The van der Waals surface area contributed by atoms with Crippen LogP contribution in [0.15, 0.2) is 48.5 Å². The van der Waals surface area contributed by atoms with E-state index in [1.165, 1.54) is 0 Å². The van der Waals surface area contributed by atoms with Crippen molar-refractivity contribution in [2.24, 2.45) is 0 Å². The zero-order chi connectivity index (χ0) is 14.9. The van der Waals surface area contributed by atoms with Crippen LogP contribution in [0.4, 0.5) is 5.95 Å². The van der Waals surface area contributed by atoms with Crippen LogP contribution >= 0.6 is 0 Å². The second-order valence-corrected chi connectivity index (χ2v) is 4.84. The number of hydrogen-bond donors (Lipinski definition) is 2. The lowest BCUT2D eigenvalue weighted by Gasteiger charge is -2.26. The van der Waals surface area contributed by atoms with Crippen LogP contribution in [0.3, 0.4) is 0 Å². The molecule has 1 aliphatic rings. The third kappa shape index (κ3) is 1.99. The summed E-state index contributed by atoms with van der Waals surface area (Å²) in [5.41, 5.74) is 1.62. The zero-order valence-corrected chi connectivity index (χ0v) is 11.4. The van der Waals surface area contributed by atoms with Gasteiger partial charge in [-0.25, -0.2) is 0 Å². The van der Waals surface area contributed by atoms with Gasteiger partial charge in [0.2, 0.25) is 5.91 Å². The molecule has 1 amide bonds. The largest absolute Gasteiger partial charge is 0.457 e. The molecular formula is C15H11N5O2. The minimum absolute atomic E-state index is 0.145. The minimum Gasteiger partial charge on any atom is -0.457 e. The Morgan fingerprint density at radius 3 is 2.27 bits per heavy atom. The first-order chi connectivity index (χ1) is 10.8. The van der Waals surface area contributed by atoms with Crippen LogP contribution in [0.1, 0.15) is 17.0 Å². The van der Waals surface area contributed by atoms with Crippen molar-refractivity contribution in [3.8, 4) is 11.5 Å². The maximum atomic E-state index is 12.7. The number of anilines is 1. The van der Waals surface area contributed by atoms with Crippen LogP contribution in [-0.2, 0) is 4.79 Å². The number of tetrazole rings is 1. The molecular weight excluding hydrogens is 282 g/mol. The van der Waals surface area contributed by atoms with E-state index in [2.05, 4.69) is 25.9 Å². The summed E-state index contributed by atoms with van der Waals surface area (Å²) < 4.78 is 5.86. The van der Waals surface area contributed by atoms with Gasteiger partial charge in [-0.05, 0) is 17.3 Å². The number of H-pyrrole nitrogens is 1. The lowest BCUT2D eigenvalue weighted by Crippen LogP contribution is -2.25. The first-order valence-electron chi connectivity index (χ1n) is 6.73. The highest BCUT2D eigenvalue weighted by Crippen LogP contribution is 2.44. The molecule has 2 aromatic carbocycles. The van der Waals surface area contributed by atoms with Gasteiger partial charge >= 0.3 is 0 Å². The van der Waals surface area contributed by atoms with E-state index < -0.39 is 5.92 Å². The van der Waals surface area contributed by atoms with E-state index >= 15 is 0 Å². The molecule has 2 N–H and O–H groups in total. The Labute approximate surface area is 125 Å². The van der Waals surface area contributed by atoms with Gasteiger partial charge < -0.3 is 4.74 Å². The molecule has 0 spiro atoms. The second-order valence-electron chi connectivity index (χ2n) is 4.84. The maximum absolute atomic E-state index is 12.7. The molecule has 4 rings (SSSR count). The molecule has 7 nitrogen and oxygen atoms in total. The number of amides is 1. The maximum Gasteiger partial charge on any atom is 0.269 e. The van der Waals surface area contributed by atoms with Crippen molar-refractivity contribution >= 4 is 11.9 Å². The van der Waals surface area contributed by atoms with Crippen molar-refractivity contribution < 1.29 is 9.53 Å². The molecule has 0 bridgehead atoms. The van der Waals surface area contributed by atoms with E-state index in [0.717, 1.165) is 11.1 Å². The standard InChI is InChI=1S/C15H11N5O2/c21-14(16-15-17-19-20-18-15)13-9-5-1-3-7-11(9)22-12-8-4-2-6-10(12)13/h1-8,13H,(H2,16,17,18,19,20,21). The number of nitrogens with one attached hydrogen (secondary N) is 2. The van der Waals surface area contributed by atoms with Gasteiger partial charge in [-0.3, -0.25) is 10.1 Å². The number of ether oxygens (including phenoxy) is 1. The molecule has 7 heteroatoms. The van der Waals surface area contributed by atoms with Gasteiger partial charge in [-0.1, -0.05) is 41.5 Å². The molecule has 1 aromatic heterocycles. The third-order valence-corrected chi connectivity index (χ3v) is 3.52. The van der Waals surface area contributed by atoms with Gasteiger partial charge in [-0.15, -0.1) is 5.10 Å². The number of rotatable bonds is 2. The van der Waals surface area contributed by atoms with Crippen molar-refractivity contribution in [2.45, 2.75) is 5.92 Å². The summed E-state index contributed by atoms with van der Waals surface area (Å²) in [5, 5.41) is 15.9. The average molecular weight is 293 g/mol. The van der Waals surface area contributed by atoms with E-state index in [0.29, 0.717) is 11.5 Å². The van der Waals surface area contributed by atoms with Crippen molar-refractivity contribution in [2.75, 3.05) is 5.32 Å². The number of nitrogens with zero attached hydrogens (tertiary/aromatic N) is 3. The molecule has 0 saturated heterocycles. The molecule has 0 atom stereocenters. The Kier molecular flexibility index (Phi) is 2.82. The Morgan fingerprint density at radius 1 is 1.05 bits per heavy atom. The number of carbonyl (C=O) groups excluding carboxylic acids is 1. The van der Waals surface area contributed by atoms with Crippen LogP contribution in [0.5, 0.6) is 11.5 Å². The van der Waals surface area contributed by atoms with Gasteiger partial charge in [0.15, 0.2) is 0 Å². The average Bonchev–Trinajstić information content (AvgIpc) is 3.05. The quantitative estimate of drug-likeness (QED) is 0.754. The second kappa shape index (κ2) is 4.96. The van der Waals surface area contributed by atoms with Crippen molar-refractivity contribution in [1.29, 1.82) is 0 Å². The smallest absolute Gasteiger partial charge is 0.269 e. The lowest BCUT2D eigenvalue weighted by molar-refractivity contribution is -0.116. The van der Waals surface area contributed by atoms with Crippen LogP contribution in [0.25, 0.3) is 0 Å². The van der Waals surface area contributed by atoms with Crippen LogP contribution < -0.4 is 10.1 Å². The van der Waals surface area contributed by atoms with Crippen molar-refractivity contribution in [3.05, 3.63) is 59.7 Å². The molecule has 22 heavy (non-hydrogen) atoms. The predicted molar refractivity (Wildman–Crippen MR) is 77.6 cm³/mol. The van der Waals surface area contributed by atoms with E-state index in [9.17, 15) is 4.79 Å². The normalized spacial score (nSPS) is 12.9. The van der Waals surface area contributed by atoms with Gasteiger partial charge in [0.05, 0.1) is 5.92 Å². The summed E-state index contributed by atoms with van der Waals surface area (Å²) in [6.07, 6.45) is 0. The molecule has 0 saturated carbocycles. The lowest BCUT2D eigenvalue weighted by atomic mass is 9.87. The number of carbonyl (C=O) groups is 1. The van der Waals surface area contributed by atoms with Crippen LogP contribution in [-0.4, -0.2) is 26.5 Å². The first kappa shape index (κ1) is 12.5. The predicted octanol–water partition coefficient (Wildman–Crippen LogP) is 2.08. The van der Waals surface area contributed by atoms with Crippen LogP contribution in [0, 0.1) is 0 Å². The fraction of sp³-hybridized carbons (Fsp3) is 0.0667. The van der Waals surface area contributed by atoms with Crippen molar-refractivity contribution in [3.63, 3.8) is 0 Å². The highest BCUT2D eigenvalue weighted by atomic mass is 16.5. The summed E-state index contributed by atoms with van der Waals surface area (Å²) >= 11 is 0. The number of benzene rings is 2. The molecule has 0 unspecified atom stereocenters. The van der Waals surface area contributed by atoms with Crippen LogP contribution in [0.2, 0.25) is 0 Å². The van der Waals surface area contributed by atoms with Gasteiger partial charge in [0, 0.05) is 11.1 Å². The Bertz CT molecular complexity index is 786. The number of fused-ring (bicyclic) bond motifs is 2. The third-order valence-electron chi connectivity index (χ3n) is 3.52. The monoisotopic (exact) mass is 293 g/mol. The Morgan fingerprint density at radius 2 is 1.68 bits per heavy atom. The summed E-state index contributed by atoms with van der Waals surface area (Å²) in [6, 6.07) is 15.0. The van der Waals surface area contributed by atoms with Crippen molar-refractivity contribution in [1.82, 2.24) is 20.6 Å². The first-order valence-corrected chi connectivity index (χ1v) is 6.73. The fourth-order valence-corrected chi connectivity index (χ4v) is 2.59. The van der Waals surface area contributed by atoms with E-state index in [1.54, 1.807) is 0 Å². The minimum atomic E-state index is -0.486. The summed E-state index contributed by atoms with van der Waals surface area (Å²) in [5.74, 6) is 0.777. The molecule has 3 aromatic rings. The molecule has 1 aliphatic heterocycles. The van der Waals surface area contributed by atoms with Gasteiger partial charge in [0.25, 0.3) is 5.95 Å². The SMILES string of the molecule is O=C(Nc1nn[nH]n1)C1c2ccccc2Oc2ccccc21. The van der Waals surface area contributed by atoms with Gasteiger partial charge in [-0.2, -0.15) is 5.21 Å². The number of para-hydroxylation sites is 2. The molecule has 0 radical (unpaired) electrons. The molecule has 0 fully saturated rings. The molecule has 2 heterocycles.